The van der Waals surface area contributed by atoms with E-state index in [1.165, 1.54) is 0 Å². The molecule has 0 saturated carbocycles. The smallest absolute Gasteiger partial charge is 0.287 e. The summed E-state index contributed by atoms with van der Waals surface area (Å²) < 4.78 is 6.85. The molecule has 1 aliphatic heterocycles. The second kappa shape index (κ2) is 10.6. The van der Waals surface area contributed by atoms with Crippen LogP contribution in [0.4, 0.5) is 0 Å². The van der Waals surface area contributed by atoms with Gasteiger partial charge in [-0.3, -0.25) is 4.79 Å². The van der Waals surface area contributed by atoms with Gasteiger partial charge in [-0.1, -0.05) is 41.3 Å². The molecule has 166 valence electrons. The van der Waals surface area contributed by atoms with Gasteiger partial charge in [0.05, 0.1) is 0 Å². The quantitative estimate of drug-likeness (QED) is 0.387. The number of para-hydroxylation sites is 1. The van der Waals surface area contributed by atoms with E-state index >= 15 is 0 Å². The fourth-order valence-electron chi connectivity index (χ4n) is 3.71. The number of fused-ring (bicyclic) bond motifs is 1. The first-order chi connectivity index (χ1) is 15.1. The molecular formula is C22H29N5O2S2. The second-order valence-corrected chi connectivity index (χ2v) is 10.3. The summed E-state index contributed by atoms with van der Waals surface area (Å²) in [5.41, 5.74) is 1.66. The van der Waals surface area contributed by atoms with Gasteiger partial charge in [-0.15, -0.1) is 10.2 Å². The van der Waals surface area contributed by atoms with Crippen molar-refractivity contribution < 1.29 is 9.21 Å². The Morgan fingerprint density at radius 2 is 2.00 bits per heavy atom. The van der Waals surface area contributed by atoms with Crippen LogP contribution in [0.25, 0.3) is 11.0 Å². The van der Waals surface area contributed by atoms with Crippen LogP contribution < -0.4 is 5.32 Å². The molecular weight excluding hydrogens is 430 g/mol. The Labute approximate surface area is 191 Å². The molecule has 3 heterocycles. The monoisotopic (exact) mass is 459 g/mol. The molecule has 3 aromatic rings. The number of thioether (sulfide) groups is 1. The molecule has 1 fully saturated rings. The molecule has 1 N–H and O–H groups in total. The van der Waals surface area contributed by atoms with Gasteiger partial charge in [0.1, 0.15) is 10.6 Å². The zero-order chi connectivity index (χ0) is 21.6. The maximum Gasteiger partial charge on any atom is 0.287 e. The summed E-state index contributed by atoms with van der Waals surface area (Å²) in [5.74, 6) is 0.895. The first-order valence-electron chi connectivity index (χ1n) is 10.7. The number of nitrogens with zero attached hydrogens (tertiary/aromatic N) is 4. The number of carbonyl (C=O) groups excluding carboxylic acids is 1. The Morgan fingerprint density at radius 3 is 2.77 bits per heavy atom. The number of amides is 1. The number of aromatic nitrogens is 2. The normalized spacial score (nSPS) is 15.5. The third kappa shape index (κ3) is 5.85. The average molecular weight is 460 g/mol. The highest BCUT2D eigenvalue weighted by Crippen LogP contribution is 2.33. The van der Waals surface area contributed by atoms with Crippen LogP contribution in [0.1, 0.15) is 34.0 Å². The van der Waals surface area contributed by atoms with Crippen molar-refractivity contribution in [2.45, 2.75) is 29.9 Å². The standard InChI is InChI=1S/C22H29N5O2S2/c1-16-24-25-22(31-16)30-15-18-17-7-3-4-8-19(17)29-20(18)21(28)23-9-5-6-10-27-13-11-26(2)12-14-27/h3-4,7-8H,5-6,9-15H2,1-2H3,(H,23,28). The molecule has 1 amide bonds. The van der Waals surface area contributed by atoms with Crippen molar-refractivity contribution in [2.75, 3.05) is 46.3 Å². The number of unbranched alkanes of at least 4 members (excludes halogenated alkanes) is 1. The van der Waals surface area contributed by atoms with Crippen molar-refractivity contribution in [3.8, 4) is 0 Å². The molecule has 0 radical (unpaired) electrons. The third-order valence-corrected chi connectivity index (χ3v) is 7.53. The molecule has 1 aliphatic rings. The largest absolute Gasteiger partial charge is 0.451 e. The van der Waals surface area contributed by atoms with Gasteiger partial charge in [0.2, 0.25) is 0 Å². The fourth-order valence-corrected chi connectivity index (χ4v) is 5.55. The predicted octanol–water partition coefficient (Wildman–Crippen LogP) is 3.64. The predicted molar refractivity (Wildman–Crippen MR) is 126 cm³/mol. The van der Waals surface area contributed by atoms with Crippen LogP contribution in [0.5, 0.6) is 0 Å². The molecule has 0 aliphatic carbocycles. The van der Waals surface area contributed by atoms with E-state index < -0.39 is 0 Å². The van der Waals surface area contributed by atoms with E-state index in [9.17, 15) is 4.79 Å². The highest BCUT2D eigenvalue weighted by molar-refractivity contribution is 8.00. The molecule has 1 aromatic carbocycles. The number of piperazine rings is 1. The molecule has 0 atom stereocenters. The van der Waals surface area contributed by atoms with E-state index in [0.29, 0.717) is 18.1 Å². The highest BCUT2D eigenvalue weighted by atomic mass is 32.2. The minimum Gasteiger partial charge on any atom is -0.451 e. The van der Waals surface area contributed by atoms with Gasteiger partial charge in [-0.25, -0.2) is 0 Å². The van der Waals surface area contributed by atoms with Crippen LogP contribution in [-0.4, -0.2) is 72.2 Å². The molecule has 4 rings (SSSR count). The number of carbonyl (C=O) groups is 1. The zero-order valence-electron chi connectivity index (χ0n) is 18.1. The molecule has 0 unspecified atom stereocenters. The van der Waals surface area contributed by atoms with Gasteiger partial charge in [-0.05, 0) is 39.4 Å². The van der Waals surface area contributed by atoms with E-state index in [1.54, 1.807) is 23.1 Å². The van der Waals surface area contributed by atoms with Crippen LogP contribution in [0.15, 0.2) is 33.0 Å². The zero-order valence-corrected chi connectivity index (χ0v) is 19.7. The Kier molecular flexibility index (Phi) is 7.60. The highest BCUT2D eigenvalue weighted by Gasteiger charge is 2.21. The summed E-state index contributed by atoms with van der Waals surface area (Å²) in [4.78, 5) is 17.8. The lowest BCUT2D eigenvalue weighted by Crippen LogP contribution is -2.44. The Balaban J connectivity index is 1.32. The molecule has 0 bridgehead atoms. The van der Waals surface area contributed by atoms with Gasteiger partial charge in [-0.2, -0.15) is 0 Å². The van der Waals surface area contributed by atoms with Crippen LogP contribution >= 0.6 is 23.1 Å². The summed E-state index contributed by atoms with van der Waals surface area (Å²) in [6, 6.07) is 7.82. The maximum atomic E-state index is 12.9. The Hall–Kier alpha value is -1.94. The third-order valence-electron chi connectivity index (χ3n) is 5.53. The molecule has 9 heteroatoms. The number of aryl methyl sites for hydroxylation is 1. The van der Waals surface area contributed by atoms with E-state index in [2.05, 4.69) is 32.4 Å². The summed E-state index contributed by atoms with van der Waals surface area (Å²) in [5, 5.41) is 13.2. The number of furan rings is 1. The number of benzene rings is 1. The number of hydrogen-bond acceptors (Lipinski definition) is 8. The SMILES string of the molecule is Cc1nnc(SCc2c(C(=O)NCCCCN3CCN(C)CC3)oc3ccccc23)s1. The molecule has 1 saturated heterocycles. The Bertz CT molecular complexity index is 1010. The summed E-state index contributed by atoms with van der Waals surface area (Å²) in [6.45, 7) is 8.25. The topological polar surface area (TPSA) is 74.5 Å². The van der Waals surface area contributed by atoms with Crippen LogP contribution in [0.2, 0.25) is 0 Å². The number of likely N-dealkylation sites (N-methyl/N-ethyl adjacent to an activating group) is 1. The van der Waals surface area contributed by atoms with Gasteiger partial charge in [0, 0.05) is 49.4 Å². The lowest BCUT2D eigenvalue weighted by Gasteiger charge is -2.32. The summed E-state index contributed by atoms with van der Waals surface area (Å²) in [6.07, 6.45) is 2.05. The number of rotatable bonds is 9. The van der Waals surface area contributed by atoms with Crippen molar-refractivity contribution in [3.63, 3.8) is 0 Å². The van der Waals surface area contributed by atoms with Crippen LogP contribution in [0.3, 0.4) is 0 Å². The maximum absolute atomic E-state index is 12.9. The van der Waals surface area contributed by atoms with Crippen LogP contribution in [-0.2, 0) is 5.75 Å². The minimum atomic E-state index is -0.139. The van der Waals surface area contributed by atoms with Gasteiger partial charge in [0.15, 0.2) is 10.1 Å². The van der Waals surface area contributed by atoms with Gasteiger partial charge < -0.3 is 19.5 Å². The summed E-state index contributed by atoms with van der Waals surface area (Å²) >= 11 is 3.15. The van der Waals surface area contributed by atoms with E-state index in [4.69, 9.17) is 4.42 Å². The Morgan fingerprint density at radius 1 is 1.19 bits per heavy atom. The second-order valence-electron chi connectivity index (χ2n) is 7.89. The van der Waals surface area contributed by atoms with Crippen molar-refractivity contribution in [2.24, 2.45) is 0 Å². The molecule has 7 nitrogen and oxygen atoms in total. The molecule has 31 heavy (non-hydrogen) atoms. The van der Waals surface area contributed by atoms with Crippen molar-refractivity contribution in [1.29, 1.82) is 0 Å². The average Bonchev–Trinajstić information content (AvgIpc) is 3.36. The number of hydrogen-bond donors (Lipinski definition) is 1. The molecule has 2 aromatic heterocycles. The van der Waals surface area contributed by atoms with E-state index in [-0.39, 0.29) is 5.91 Å². The lowest BCUT2D eigenvalue weighted by molar-refractivity contribution is 0.0925. The van der Waals surface area contributed by atoms with Crippen molar-refractivity contribution in [1.82, 2.24) is 25.3 Å². The van der Waals surface area contributed by atoms with E-state index in [1.807, 2.05) is 31.2 Å². The van der Waals surface area contributed by atoms with Crippen molar-refractivity contribution >= 4 is 40.0 Å². The fraction of sp³-hybridized carbons (Fsp3) is 0.500. The summed E-state index contributed by atoms with van der Waals surface area (Å²) in [7, 11) is 2.17. The van der Waals surface area contributed by atoms with Crippen LogP contribution in [0, 0.1) is 6.92 Å². The minimum absolute atomic E-state index is 0.139. The molecule has 0 spiro atoms. The first kappa shape index (κ1) is 22.3. The lowest BCUT2D eigenvalue weighted by atomic mass is 10.1. The van der Waals surface area contributed by atoms with Crippen molar-refractivity contribution in [3.05, 3.63) is 40.6 Å². The number of nitrogens with one attached hydrogen (secondary N) is 1. The van der Waals surface area contributed by atoms with Gasteiger partial charge >= 0.3 is 0 Å². The first-order valence-corrected chi connectivity index (χ1v) is 12.5. The van der Waals surface area contributed by atoms with E-state index in [0.717, 1.165) is 71.4 Å². The van der Waals surface area contributed by atoms with Gasteiger partial charge in [0.25, 0.3) is 5.91 Å².